The fraction of sp³-hybridized carbons (Fsp3) is 0.636. The Morgan fingerprint density at radius 1 is 1.14 bits per heavy atom. The molecule has 0 atom stereocenters. The van der Waals surface area contributed by atoms with Crippen molar-refractivity contribution in [3.63, 3.8) is 0 Å². The van der Waals surface area contributed by atoms with Gasteiger partial charge in [0.15, 0.2) is 5.96 Å². The standard InChI is InChI=1S/C22H36N4O2/c1-5-23-21(25-15-9-14-24-20(27)17-11-8-12-17)26-16-18-10-6-7-13-19(18)28-22(2,3)4/h6-7,10,13,17H,5,8-9,11-12,14-16H2,1-4H3,(H,24,27)(H2,23,25,26). The first-order valence-corrected chi connectivity index (χ1v) is 10.5. The van der Waals surface area contributed by atoms with E-state index in [0.29, 0.717) is 13.1 Å². The Kier molecular flexibility index (Phi) is 8.61. The van der Waals surface area contributed by atoms with Crippen LogP contribution in [0, 0.1) is 5.92 Å². The molecule has 3 N–H and O–H groups in total. The summed E-state index contributed by atoms with van der Waals surface area (Å²) < 4.78 is 6.04. The molecule has 0 aromatic heterocycles. The van der Waals surface area contributed by atoms with Crippen LogP contribution in [0.15, 0.2) is 29.3 Å². The van der Waals surface area contributed by atoms with Crippen LogP contribution in [0.25, 0.3) is 0 Å². The molecule has 0 spiro atoms. The van der Waals surface area contributed by atoms with Crippen molar-refractivity contribution in [3.8, 4) is 5.75 Å². The summed E-state index contributed by atoms with van der Waals surface area (Å²) >= 11 is 0. The summed E-state index contributed by atoms with van der Waals surface area (Å²) in [5, 5.41) is 9.63. The molecule has 0 radical (unpaired) electrons. The van der Waals surface area contributed by atoms with E-state index in [1.807, 2.05) is 52.0 Å². The Labute approximate surface area is 169 Å². The molecule has 0 heterocycles. The van der Waals surface area contributed by atoms with E-state index in [4.69, 9.17) is 4.74 Å². The average Bonchev–Trinajstić information content (AvgIpc) is 2.57. The summed E-state index contributed by atoms with van der Waals surface area (Å²) in [5.74, 6) is 2.11. The van der Waals surface area contributed by atoms with E-state index in [1.54, 1.807) is 0 Å². The van der Waals surface area contributed by atoms with E-state index in [9.17, 15) is 4.79 Å². The van der Waals surface area contributed by atoms with E-state index in [2.05, 4.69) is 20.9 Å². The van der Waals surface area contributed by atoms with Gasteiger partial charge in [-0.15, -0.1) is 0 Å². The number of guanidine groups is 1. The molecule has 1 amide bonds. The molecule has 1 aromatic rings. The molecule has 2 rings (SSSR count). The summed E-state index contributed by atoms with van der Waals surface area (Å²) in [6.45, 7) is 11.0. The molecular weight excluding hydrogens is 352 g/mol. The third-order valence-electron chi connectivity index (χ3n) is 4.56. The van der Waals surface area contributed by atoms with Crippen LogP contribution >= 0.6 is 0 Å². The molecule has 0 aliphatic heterocycles. The first kappa shape index (κ1) is 22.1. The minimum Gasteiger partial charge on any atom is -0.488 e. The number of aliphatic imine (C=N–C) groups is 1. The van der Waals surface area contributed by atoms with Crippen LogP contribution in [0.3, 0.4) is 0 Å². The number of rotatable bonds is 9. The minimum absolute atomic E-state index is 0.210. The molecule has 1 aromatic carbocycles. The number of nitrogens with zero attached hydrogens (tertiary/aromatic N) is 1. The van der Waals surface area contributed by atoms with E-state index in [-0.39, 0.29) is 17.4 Å². The number of hydrogen-bond donors (Lipinski definition) is 3. The zero-order chi connectivity index (χ0) is 20.4. The number of nitrogens with one attached hydrogen (secondary N) is 3. The van der Waals surface area contributed by atoms with Crippen molar-refractivity contribution in [2.75, 3.05) is 19.6 Å². The molecule has 1 aliphatic rings. The second-order valence-corrected chi connectivity index (χ2v) is 8.22. The molecule has 6 heteroatoms. The summed E-state index contributed by atoms with van der Waals surface area (Å²) in [4.78, 5) is 16.5. The lowest BCUT2D eigenvalue weighted by Gasteiger charge is -2.24. The highest BCUT2D eigenvalue weighted by Gasteiger charge is 2.24. The molecule has 1 fully saturated rings. The molecular formula is C22H36N4O2. The van der Waals surface area contributed by atoms with Crippen LogP contribution in [0.1, 0.15) is 58.9 Å². The maximum atomic E-state index is 11.8. The summed E-state index contributed by atoms with van der Waals surface area (Å²) in [6.07, 6.45) is 4.14. The van der Waals surface area contributed by atoms with Crippen LogP contribution in [0.5, 0.6) is 5.75 Å². The number of carbonyl (C=O) groups excluding carboxylic acids is 1. The molecule has 6 nitrogen and oxygen atoms in total. The van der Waals surface area contributed by atoms with Gasteiger partial charge in [0.2, 0.25) is 5.91 Å². The largest absolute Gasteiger partial charge is 0.488 e. The highest BCUT2D eigenvalue weighted by Crippen LogP contribution is 2.26. The van der Waals surface area contributed by atoms with Crippen molar-refractivity contribution >= 4 is 11.9 Å². The number of hydrogen-bond acceptors (Lipinski definition) is 3. The molecule has 1 aliphatic carbocycles. The van der Waals surface area contributed by atoms with Gasteiger partial charge in [-0.1, -0.05) is 24.6 Å². The second kappa shape index (κ2) is 10.9. The first-order valence-electron chi connectivity index (χ1n) is 10.5. The van der Waals surface area contributed by atoms with Gasteiger partial charge >= 0.3 is 0 Å². The predicted molar refractivity (Wildman–Crippen MR) is 115 cm³/mol. The van der Waals surface area contributed by atoms with E-state index >= 15 is 0 Å². The van der Waals surface area contributed by atoms with Crippen LogP contribution in [0.2, 0.25) is 0 Å². The van der Waals surface area contributed by atoms with Gasteiger partial charge in [0.1, 0.15) is 11.4 Å². The minimum atomic E-state index is -0.244. The summed E-state index contributed by atoms with van der Waals surface area (Å²) in [6, 6.07) is 8.02. The number of benzene rings is 1. The Bertz CT molecular complexity index is 648. The third kappa shape index (κ3) is 7.79. The summed E-state index contributed by atoms with van der Waals surface area (Å²) in [7, 11) is 0. The van der Waals surface area contributed by atoms with Crippen molar-refractivity contribution in [1.82, 2.24) is 16.0 Å². The number of amides is 1. The van der Waals surface area contributed by atoms with E-state index in [1.165, 1.54) is 6.42 Å². The van der Waals surface area contributed by atoms with Gasteiger partial charge in [0, 0.05) is 31.1 Å². The van der Waals surface area contributed by atoms with Crippen LogP contribution < -0.4 is 20.7 Å². The predicted octanol–water partition coefficient (Wildman–Crippen LogP) is 3.23. The summed E-state index contributed by atoms with van der Waals surface area (Å²) in [5.41, 5.74) is 0.814. The number of para-hydroxylation sites is 1. The lowest BCUT2D eigenvalue weighted by atomic mass is 9.85. The van der Waals surface area contributed by atoms with Gasteiger partial charge in [-0.25, -0.2) is 4.99 Å². The van der Waals surface area contributed by atoms with Gasteiger partial charge in [-0.3, -0.25) is 4.79 Å². The lowest BCUT2D eigenvalue weighted by molar-refractivity contribution is -0.127. The highest BCUT2D eigenvalue weighted by atomic mass is 16.5. The zero-order valence-electron chi connectivity index (χ0n) is 17.8. The number of ether oxygens (including phenoxy) is 1. The second-order valence-electron chi connectivity index (χ2n) is 8.22. The van der Waals surface area contributed by atoms with Crippen LogP contribution in [0.4, 0.5) is 0 Å². The van der Waals surface area contributed by atoms with Gasteiger partial charge in [0.25, 0.3) is 0 Å². The lowest BCUT2D eigenvalue weighted by Crippen LogP contribution is -2.39. The molecule has 156 valence electrons. The van der Waals surface area contributed by atoms with Crippen molar-refractivity contribution in [1.29, 1.82) is 0 Å². The normalized spacial score (nSPS) is 14.9. The van der Waals surface area contributed by atoms with Gasteiger partial charge < -0.3 is 20.7 Å². The van der Waals surface area contributed by atoms with Crippen molar-refractivity contribution in [2.24, 2.45) is 10.9 Å². The maximum absolute atomic E-state index is 11.8. The van der Waals surface area contributed by atoms with Gasteiger partial charge in [-0.2, -0.15) is 0 Å². The first-order chi connectivity index (χ1) is 13.4. The van der Waals surface area contributed by atoms with E-state index < -0.39 is 0 Å². The topological polar surface area (TPSA) is 74.8 Å². The maximum Gasteiger partial charge on any atom is 0.223 e. The molecule has 0 saturated heterocycles. The third-order valence-corrected chi connectivity index (χ3v) is 4.56. The van der Waals surface area contributed by atoms with Crippen LogP contribution in [-0.2, 0) is 11.3 Å². The molecule has 0 unspecified atom stereocenters. The average molecular weight is 389 g/mol. The van der Waals surface area contributed by atoms with Crippen molar-refractivity contribution in [3.05, 3.63) is 29.8 Å². The fourth-order valence-corrected chi connectivity index (χ4v) is 2.89. The molecule has 0 bridgehead atoms. The Balaban J connectivity index is 1.80. The quantitative estimate of drug-likeness (QED) is 0.345. The Morgan fingerprint density at radius 2 is 1.86 bits per heavy atom. The number of carbonyl (C=O) groups is 1. The van der Waals surface area contributed by atoms with Crippen molar-refractivity contribution < 1.29 is 9.53 Å². The molecule has 28 heavy (non-hydrogen) atoms. The van der Waals surface area contributed by atoms with E-state index in [0.717, 1.165) is 49.6 Å². The monoisotopic (exact) mass is 388 g/mol. The van der Waals surface area contributed by atoms with Crippen LogP contribution in [-0.4, -0.2) is 37.1 Å². The van der Waals surface area contributed by atoms with Gasteiger partial charge in [0.05, 0.1) is 6.54 Å². The SMILES string of the molecule is CCNC(=NCc1ccccc1OC(C)(C)C)NCCCNC(=O)C1CCC1. The zero-order valence-corrected chi connectivity index (χ0v) is 17.8. The smallest absolute Gasteiger partial charge is 0.223 e. The Hall–Kier alpha value is -2.24. The highest BCUT2D eigenvalue weighted by molar-refractivity contribution is 5.80. The van der Waals surface area contributed by atoms with Crippen molar-refractivity contribution in [2.45, 2.75) is 65.5 Å². The Morgan fingerprint density at radius 3 is 2.50 bits per heavy atom. The fourth-order valence-electron chi connectivity index (χ4n) is 2.89. The molecule has 1 saturated carbocycles. The van der Waals surface area contributed by atoms with Gasteiger partial charge in [-0.05, 0) is 53.0 Å².